The highest BCUT2D eigenvalue weighted by atomic mass is 16.1. The highest BCUT2D eigenvalue weighted by Crippen LogP contribution is 2.28. The molecule has 0 aromatic carbocycles. The van der Waals surface area contributed by atoms with Gasteiger partial charge in [-0.15, -0.1) is 0 Å². The maximum atomic E-state index is 11.0. The molecule has 0 spiro atoms. The Labute approximate surface area is 72.0 Å². The van der Waals surface area contributed by atoms with E-state index >= 15 is 0 Å². The minimum Gasteiger partial charge on any atom is -0.330 e. The van der Waals surface area contributed by atoms with Crippen molar-refractivity contribution in [2.45, 2.75) is 38.1 Å². The van der Waals surface area contributed by atoms with Gasteiger partial charge in [0.25, 0.3) is 0 Å². The van der Waals surface area contributed by atoms with E-state index in [-0.39, 0.29) is 11.9 Å². The molecule has 1 heterocycles. The fraction of sp³-hybridized carbons (Fsp3) is 0.667. The van der Waals surface area contributed by atoms with E-state index in [0.717, 1.165) is 31.4 Å². The Morgan fingerprint density at radius 3 is 3.00 bits per heavy atom. The molecule has 1 aliphatic carbocycles. The number of rotatable bonds is 0. The highest BCUT2D eigenvalue weighted by Gasteiger charge is 2.24. The summed E-state index contributed by atoms with van der Waals surface area (Å²) in [6, 6.07) is 0.203. The molecule has 66 valence electrons. The largest absolute Gasteiger partial charge is 0.330 e. The van der Waals surface area contributed by atoms with E-state index in [2.05, 4.69) is 5.32 Å². The van der Waals surface area contributed by atoms with E-state index in [1.807, 2.05) is 0 Å². The van der Waals surface area contributed by atoms with Gasteiger partial charge in [0.1, 0.15) is 0 Å². The summed E-state index contributed by atoms with van der Waals surface area (Å²) in [4.78, 5) is 11.0. The smallest absolute Gasteiger partial charge is 0.224 e. The Morgan fingerprint density at radius 2 is 2.17 bits per heavy atom. The summed E-state index contributed by atoms with van der Waals surface area (Å²) in [6.07, 6.45) is 4.69. The summed E-state index contributed by atoms with van der Waals surface area (Å²) >= 11 is 0. The standard InChI is InChI=1S/C9H14N2O/c10-7-2-1-3-8-6(7)4-5-9(12)11-8/h7H,1-5,10H2,(H,11,12)/t7-/m1/s1. The molecule has 0 aromatic rings. The number of nitrogens with one attached hydrogen (secondary N) is 1. The molecule has 1 atom stereocenters. The molecule has 3 N–H and O–H groups in total. The van der Waals surface area contributed by atoms with Gasteiger partial charge in [0, 0.05) is 18.2 Å². The van der Waals surface area contributed by atoms with Crippen LogP contribution >= 0.6 is 0 Å². The Morgan fingerprint density at radius 1 is 1.33 bits per heavy atom. The average molecular weight is 166 g/mol. The molecule has 12 heavy (non-hydrogen) atoms. The number of carbonyl (C=O) groups is 1. The van der Waals surface area contributed by atoms with Crippen LogP contribution in [0.2, 0.25) is 0 Å². The zero-order valence-electron chi connectivity index (χ0n) is 7.10. The van der Waals surface area contributed by atoms with Gasteiger partial charge in [-0.1, -0.05) is 0 Å². The van der Waals surface area contributed by atoms with Crippen LogP contribution in [0, 0.1) is 0 Å². The molecular weight excluding hydrogens is 152 g/mol. The molecule has 0 radical (unpaired) electrons. The molecular formula is C9H14N2O. The van der Waals surface area contributed by atoms with Gasteiger partial charge in [-0.25, -0.2) is 0 Å². The first-order valence-electron chi connectivity index (χ1n) is 4.55. The molecule has 1 aliphatic heterocycles. The molecule has 0 saturated carbocycles. The Hall–Kier alpha value is -0.830. The van der Waals surface area contributed by atoms with Crippen molar-refractivity contribution in [3.63, 3.8) is 0 Å². The van der Waals surface area contributed by atoms with E-state index < -0.39 is 0 Å². The molecule has 0 aromatic heterocycles. The van der Waals surface area contributed by atoms with Gasteiger partial charge in [0.15, 0.2) is 0 Å². The van der Waals surface area contributed by atoms with E-state index in [4.69, 9.17) is 5.73 Å². The fourth-order valence-corrected chi connectivity index (χ4v) is 2.02. The maximum Gasteiger partial charge on any atom is 0.224 e. The summed E-state index contributed by atoms with van der Waals surface area (Å²) < 4.78 is 0. The van der Waals surface area contributed by atoms with Gasteiger partial charge in [0.05, 0.1) is 0 Å². The van der Waals surface area contributed by atoms with E-state index in [1.165, 1.54) is 5.57 Å². The lowest BCUT2D eigenvalue weighted by Gasteiger charge is -2.29. The summed E-state index contributed by atoms with van der Waals surface area (Å²) in [5, 5.41) is 2.91. The Bertz CT molecular complexity index is 245. The van der Waals surface area contributed by atoms with Crippen LogP contribution in [0.5, 0.6) is 0 Å². The molecule has 2 rings (SSSR count). The molecule has 0 unspecified atom stereocenters. The monoisotopic (exact) mass is 166 g/mol. The number of amides is 1. The first-order chi connectivity index (χ1) is 5.77. The molecule has 0 bridgehead atoms. The Balaban J connectivity index is 2.24. The maximum absolute atomic E-state index is 11.0. The lowest BCUT2D eigenvalue weighted by molar-refractivity contribution is -0.120. The molecule has 0 fully saturated rings. The van der Waals surface area contributed by atoms with Gasteiger partial charge >= 0.3 is 0 Å². The number of hydrogen-bond acceptors (Lipinski definition) is 2. The fourth-order valence-electron chi connectivity index (χ4n) is 2.02. The van der Waals surface area contributed by atoms with Crippen LogP contribution in [0.3, 0.4) is 0 Å². The molecule has 3 heteroatoms. The van der Waals surface area contributed by atoms with Crippen molar-refractivity contribution in [3.8, 4) is 0 Å². The van der Waals surface area contributed by atoms with Gasteiger partial charge < -0.3 is 11.1 Å². The van der Waals surface area contributed by atoms with Crippen LogP contribution in [-0.4, -0.2) is 11.9 Å². The topological polar surface area (TPSA) is 55.1 Å². The van der Waals surface area contributed by atoms with Crippen LogP contribution in [0.15, 0.2) is 11.3 Å². The zero-order chi connectivity index (χ0) is 8.55. The van der Waals surface area contributed by atoms with Crippen LogP contribution in [0.1, 0.15) is 32.1 Å². The lowest BCUT2D eigenvalue weighted by atomic mass is 9.87. The predicted molar refractivity (Wildman–Crippen MR) is 46.2 cm³/mol. The van der Waals surface area contributed by atoms with Crippen molar-refractivity contribution in [2.24, 2.45) is 5.73 Å². The van der Waals surface area contributed by atoms with Crippen molar-refractivity contribution < 1.29 is 4.79 Å². The predicted octanol–water partition coefficient (Wildman–Crippen LogP) is 0.662. The lowest BCUT2D eigenvalue weighted by Crippen LogP contribution is -2.37. The van der Waals surface area contributed by atoms with Crippen molar-refractivity contribution in [1.29, 1.82) is 0 Å². The summed E-state index contributed by atoms with van der Waals surface area (Å²) in [6.45, 7) is 0. The third kappa shape index (κ3) is 1.25. The van der Waals surface area contributed by atoms with Gasteiger partial charge in [-0.2, -0.15) is 0 Å². The zero-order valence-corrected chi connectivity index (χ0v) is 7.10. The number of carbonyl (C=O) groups excluding carboxylic acids is 1. The van der Waals surface area contributed by atoms with Gasteiger partial charge in [-0.3, -0.25) is 4.79 Å². The second-order valence-electron chi connectivity index (χ2n) is 3.55. The van der Waals surface area contributed by atoms with E-state index in [1.54, 1.807) is 0 Å². The third-order valence-corrected chi connectivity index (χ3v) is 2.69. The van der Waals surface area contributed by atoms with E-state index in [9.17, 15) is 4.79 Å². The number of nitrogens with two attached hydrogens (primary N) is 1. The number of hydrogen-bond donors (Lipinski definition) is 2. The molecule has 2 aliphatic rings. The quantitative estimate of drug-likeness (QED) is 0.555. The Kier molecular flexibility index (Phi) is 1.89. The third-order valence-electron chi connectivity index (χ3n) is 2.69. The van der Waals surface area contributed by atoms with E-state index in [0.29, 0.717) is 6.42 Å². The first kappa shape index (κ1) is 7.80. The number of allylic oxidation sites excluding steroid dienone is 1. The SMILES string of the molecule is N[C@@H]1CCCC2=C1CCC(=O)N2. The highest BCUT2D eigenvalue weighted by molar-refractivity contribution is 5.79. The molecule has 0 saturated heterocycles. The second kappa shape index (κ2) is 2.90. The van der Waals surface area contributed by atoms with Crippen LogP contribution in [0.25, 0.3) is 0 Å². The second-order valence-corrected chi connectivity index (χ2v) is 3.55. The normalized spacial score (nSPS) is 29.8. The van der Waals surface area contributed by atoms with Gasteiger partial charge in [-0.05, 0) is 31.3 Å². The first-order valence-corrected chi connectivity index (χ1v) is 4.55. The van der Waals surface area contributed by atoms with Crippen LogP contribution in [-0.2, 0) is 4.79 Å². The average Bonchev–Trinajstić information content (AvgIpc) is 2.04. The van der Waals surface area contributed by atoms with Crippen LogP contribution < -0.4 is 11.1 Å². The summed E-state index contributed by atoms with van der Waals surface area (Å²) in [7, 11) is 0. The molecule has 1 amide bonds. The minimum absolute atomic E-state index is 0.155. The van der Waals surface area contributed by atoms with Gasteiger partial charge in [0.2, 0.25) is 5.91 Å². The summed E-state index contributed by atoms with van der Waals surface area (Å²) in [5.41, 5.74) is 8.33. The minimum atomic E-state index is 0.155. The molecule has 3 nitrogen and oxygen atoms in total. The van der Waals surface area contributed by atoms with Crippen molar-refractivity contribution in [3.05, 3.63) is 11.3 Å². The van der Waals surface area contributed by atoms with Crippen molar-refractivity contribution in [2.75, 3.05) is 0 Å². The van der Waals surface area contributed by atoms with Crippen molar-refractivity contribution >= 4 is 5.91 Å². The van der Waals surface area contributed by atoms with Crippen molar-refractivity contribution in [1.82, 2.24) is 5.32 Å². The summed E-state index contributed by atoms with van der Waals surface area (Å²) in [5.74, 6) is 0.155. The van der Waals surface area contributed by atoms with Crippen LogP contribution in [0.4, 0.5) is 0 Å².